The molecule has 1 rings (SSSR count). The summed E-state index contributed by atoms with van der Waals surface area (Å²) in [5.41, 5.74) is 0.422. The van der Waals surface area contributed by atoms with Crippen LogP contribution in [0.4, 0.5) is 0 Å². The molecule has 2 N–H and O–H groups in total. The third-order valence-electron chi connectivity index (χ3n) is 2.40. The zero-order valence-corrected chi connectivity index (χ0v) is 11.3. The highest BCUT2D eigenvalue weighted by atomic mass is 35.5. The molecular formula is C12H15Cl2NO2. The Morgan fingerprint density at radius 2 is 2.00 bits per heavy atom. The van der Waals surface area contributed by atoms with Gasteiger partial charge in [-0.1, -0.05) is 6.07 Å². The number of carbonyl (C=O) groups excluding carboxylic acids is 1. The lowest BCUT2D eigenvalue weighted by atomic mass is 10.1. The normalized spacial score (nSPS) is 11.3. The lowest BCUT2D eigenvalue weighted by Gasteiger charge is -2.26. The van der Waals surface area contributed by atoms with Crippen molar-refractivity contribution >= 4 is 29.1 Å². The molecule has 0 radical (unpaired) electrons. The van der Waals surface area contributed by atoms with E-state index in [2.05, 4.69) is 5.32 Å². The minimum Gasteiger partial charge on any atom is -0.507 e. The fraction of sp³-hybridized carbons (Fsp3) is 0.417. The van der Waals surface area contributed by atoms with E-state index in [0.29, 0.717) is 0 Å². The first kappa shape index (κ1) is 14.1. The zero-order chi connectivity index (χ0) is 13.1. The fourth-order valence-corrected chi connectivity index (χ4v) is 1.70. The van der Waals surface area contributed by atoms with Crippen molar-refractivity contribution in [2.24, 2.45) is 0 Å². The zero-order valence-electron chi connectivity index (χ0n) is 9.76. The standard InChI is InChI=1S/C12H15Cl2NO2/c1-8-3-4-9(10(16)5-8)11(17)15-12(2,6-13)7-14/h3-5,16H,6-7H2,1-2H3,(H,15,17). The molecule has 0 saturated heterocycles. The summed E-state index contributed by atoms with van der Waals surface area (Å²) in [4.78, 5) is 11.9. The van der Waals surface area contributed by atoms with Gasteiger partial charge in [0.1, 0.15) is 5.75 Å². The third-order valence-corrected chi connectivity index (χ3v) is 3.58. The molecule has 1 aromatic carbocycles. The number of nitrogens with one attached hydrogen (secondary N) is 1. The Kier molecular flexibility index (Phi) is 4.66. The summed E-state index contributed by atoms with van der Waals surface area (Å²) in [5, 5.41) is 12.4. The quantitative estimate of drug-likeness (QED) is 0.831. The van der Waals surface area contributed by atoms with Crippen LogP contribution in [0.5, 0.6) is 5.75 Å². The average Bonchev–Trinajstić information content (AvgIpc) is 2.28. The topological polar surface area (TPSA) is 49.3 Å². The molecule has 94 valence electrons. The van der Waals surface area contributed by atoms with Crippen LogP contribution >= 0.6 is 23.2 Å². The summed E-state index contributed by atoms with van der Waals surface area (Å²) >= 11 is 11.5. The Labute approximate surface area is 111 Å². The van der Waals surface area contributed by atoms with Crippen molar-refractivity contribution in [1.82, 2.24) is 5.32 Å². The van der Waals surface area contributed by atoms with Crippen LogP contribution in [0.15, 0.2) is 18.2 Å². The van der Waals surface area contributed by atoms with Crippen molar-refractivity contribution < 1.29 is 9.90 Å². The molecule has 0 unspecified atom stereocenters. The van der Waals surface area contributed by atoms with Gasteiger partial charge in [-0.3, -0.25) is 4.79 Å². The molecule has 5 heteroatoms. The average molecular weight is 276 g/mol. The maximum atomic E-state index is 11.9. The van der Waals surface area contributed by atoms with Crippen LogP contribution in [0.3, 0.4) is 0 Å². The predicted molar refractivity (Wildman–Crippen MR) is 70.2 cm³/mol. The van der Waals surface area contributed by atoms with Gasteiger partial charge in [-0.15, -0.1) is 23.2 Å². The van der Waals surface area contributed by atoms with Gasteiger partial charge in [-0.25, -0.2) is 0 Å². The van der Waals surface area contributed by atoms with Crippen molar-refractivity contribution in [3.8, 4) is 5.75 Å². The minimum absolute atomic E-state index is 0.0472. The Hall–Kier alpha value is -0.930. The first-order chi connectivity index (χ1) is 7.91. The van der Waals surface area contributed by atoms with E-state index in [1.165, 1.54) is 6.07 Å². The number of halogens is 2. The molecule has 0 fully saturated rings. The van der Waals surface area contributed by atoms with E-state index in [9.17, 15) is 9.90 Å². The molecule has 17 heavy (non-hydrogen) atoms. The number of alkyl halides is 2. The van der Waals surface area contributed by atoms with Crippen LogP contribution in [0.1, 0.15) is 22.8 Å². The molecule has 0 aliphatic carbocycles. The van der Waals surface area contributed by atoms with Crippen LogP contribution in [0.25, 0.3) is 0 Å². The molecule has 0 spiro atoms. The molecular weight excluding hydrogens is 261 g/mol. The van der Waals surface area contributed by atoms with E-state index in [0.717, 1.165) is 5.56 Å². The number of carbonyl (C=O) groups is 1. The maximum absolute atomic E-state index is 11.9. The highest BCUT2D eigenvalue weighted by Gasteiger charge is 2.25. The highest BCUT2D eigenvalue weighted by molar-refractivity contribution is 6.22. The highest BCUT2D eigenvalue weighted by Crippen LogP contribution is 2.19. The summed E-state index contributed by atoms with van der Waals surface area (Å²) in [6.07, 6.45) is 0. The molecule has 3 nitrogen and oxygen atoms in total. The lowest BCUT2D eigenvalue weighted by molar-refractivity contribution is 0.0918. The molecule has 0 aliphatic rings. The van der Waals surface area contributed by atoms with Crippen LogP contribution in [0.2, 0.25) is 0 Å². The monoisotopic (exact) mass is 275 g/mol. The summed E-state index contributed by atoms with van der Waals surface area (Å²) in [7, 11) is 0. The van der Waals surface area contributed by atoms with Crippen LogP contribution < -0.4 is 5.32 Å². The van der Waals surface area contributed by atoms with Gasteiger partial charge in [0.15, 0.2) is 0 Å². The van der Waals surface area contributed by atoms with E-state index in [-0.39, 0.29) is 29.0 Å². The van der Waals surface area contributed by atoms with E-state index >= 15 is 0 Å². The second-order valence-electron chi connectivity index (χ2n) is 4.30. The molecule has 0 aliphatic heterocycles. The van der Waals surface area contributed by atoms with Gasteiger partial charge < -0.3 is 10.4 Å². The Morgan fingerprint density at radius 3 is 2.47 bits per heavy atom. The summed E-state index contributed by atoms with van der Waals surface area (Å²) in [6.45, 7) is 3.58. The van der Waals surface area contributed by atoms with Crippen molar-refractivity contribution in [3.63, 3.8) is 0 Å². The van der Waals surface area contributed by atoms with E-state index in [4.69, 9.17) is 23.2 Å². The molecule has 0 atom stereocenters. The molecule has 0 aromatic heterocycles. The van der Waals surface area contributed by atoms with Crippen LogP contribution in [0, 0.1) is 6.92 Å². The maximum Gasteiger partial charge on any atom is 0.255 e. The Balaban J connectivity index is 2.90. The first-order valence-corrected chi connectivity index (χ1v) is 6.23. The molecule has 0 bridgehead atoms. The van der Waals surface area contributed by atoms with E-state index in [1.54, 1.807) is 19.1 Å². The van der Waals surface area contributed by atoms with Crippen molar-refractivity contribution in [3.05, 3.63) is 29.3 Å². The number of phenolic OH excluding ortho intramolecular Hbond substituents is 1. The van der Waals surface area contributed by atoms with Crippen molar-refractivity contribution in [1.29, 1.82) is 0 Å². The first-order valence-electron chi connectivity index (χ1n) is 5.16. The SMILES string of the molecule is Cc1ccc(C(=O)NC(C)(CCl)CCl)c(O)c1. The Morgan fingerprint density at radius 1 is 1.41 bits per heavy atom. The number of aromatic hydroxyl groups is 1. The van der Waals surface area contributed by atoms with Gasteiger partial charge in [0.25, 0.3) is 5.91 Å². The van der Waals surface area contributed by atoms with E-state index < -0.39 is 5.54 Å². The fourth-order valence-electron chi connectivity index (χ4n) is 1.28. The second kappa shape index (κ2) is 5.61. The second-order valence-corrected chi connectivity index (χ2v) is 4.84. The van der Waals surface area contributed by atoms with Crippen LogP contribution in [-0.4, -0.2) is 28.3 Å². The minimum atomic E-state index is -0.683. The molecule has 1 aromatic rings. The summed E-state index contributed by atoms with van der Waals surface area (Å²) < 4.78 is 0. The number of amides is 1. The molecule has 0 saturated carbocycles. The molecule has 0 heterocycles. The van der Waals surface area contributed by atoms with Gasteiger partial charge >= 0.3 is 0 Å². The Bertz CT molecular complexity index is 417. The lowest BCUT2D eigenvalue weighted by Crippen LogP contribution is -2.49. The molecule has 1 amide bonds. The third kappa shape index (κ3) is 3.51. The predicted octanol–water partition coefficient (Wildman–Crippen LogP) is 2.67. The van der Waals surface area contributed by atoms with Crippen molar-refractivity contribution in [2.45, 2.75) is 19.4 Å². The van der Waals surface area contributed by atoms with Crippen LogP contribution in [-0.2, 0) is 0 Å². The van der Waals surface area contributed by atoms with Gasteiger partial charge in [0.2, 0.25) is 0 Å². The number of aryl methyl sites for hydroxylation is 1. The largest absolute Gasteiger partial charge is 0.507 e. The number of hydrogen-bond donors (Lipinski definition) is 2. The van der Waals surface area contributed by atoms with Gasteiger partial charge in [0.05, 0.1) is 11.1 Å². The van der Waals surface area contributed by atoms with Crippen molar-refractivity contribution in [2.75, 3.05) is 11.8 Å². The van der Waals surface area contributed by atoms with Gasteiger partial charge in [0, 0.05) is 11.8 Å². The smallest absolute Gasteiger partial charge is 0.255 e. The van der Waals surface area contributed by atoms with Gasteiger partial charge in [-0.05, 0) is 31.5 Å². The van der Waals surface area contributed by atoms with Gasteiger partial charge in [-0.2, -0.15) is 0 Å². The number of benzene rings is 1. The summed E-state index contributed by atoms with van der Waals surface area (Å²) in [6, 6.07) is 4.86. The number of rotatable bonds is 4. The summed E-state index contributed by atoms with van der Waals surface area (Å²) in [5.74, 6) is -0.0238. The number of phenols is 1. The van der Waals surface area contributed by atoms with E-state index in [1.807, 2.05) is 6.92 Å². The number of hydrogen-bond acceptors (Lipinski definition) is 2.